The highest BCUT2D eigenvalue weighted by molar-refractivity contribution is 5.00. The highest BCUT2D eigenvalue weighted by Gasteiger charge is 2.32. The van der Waals surface area contributed by atoms with Crippen molar-refractivity contribution in [2.75, 3.05) is 13.2 Å². The number of nitrogens with one attached hydrogen (secondary N) is 1. The van der Waals surface area contributed by atoms with E-state index in [0.29, 0.717) is 6.04 Å². The highest BCUT2D eigenvalue weighted by atomic mass is 16.5. The average molecular weight is 241 g/mol. The van der Waals surface area contributed by atoms with E-state index in [4.69, 9.17) is 4.74 Å². The van der Waals surface area contributed by atoms with Gasteiger partial charge in [0.15, 0.2) is 0 Å². The van der Waals surface area contributed by atoms with Crippen LogP contribution in [0.3, 0.4) is 0 Å². The quantitative estimate of drug-likeness (QED) is 0.653. The number of hydrogen-bond donors (Lipinski definition) is 1. The molecule has 0 saturated carbocycles. The molecule has 0 aliphatic heterocycles. The molecule has 0 bridgehead atoms. The lowest BCUT2D eigenvalue weighted by Gasteiger charge is -2.37. The van der Waals surface area contributed by atoms with Crippen molar-refractivity contribution in [3.63, 3.8) is 0 Å². The van der Waals surface area contributed by atoms with Gasteiger partial charge < -0.3 is 10.1 Å². The normalized spacial score (nSPS) is 15.6. The van der Waals surface area contributed by atoms with Crippen molar-refractivity contribution < 1.29 is 4.74 Å². The van der Waals surface area contributed by atoms with E-state index in [9.17, 15) is 0 Å². The maximum atomic E-state index is 5.96. The smallest absolute Gasteiger partial charge is 0.0779 e. The van der Waals surface area contributed by atoms with Crippen LogP contribution in [0.1, 0.15) is 54.4 Å². The van der Waals surface area contributed by atoms with Gasteiger partial charge in [-0.25, -0.2) is 0 Å². The fraction of sp³-hybridized carbons (Fsp3) is 0.867. The SMILES string of the molecule is C=C(CC)CC(NCC)C(OCC)C(C)(C)C. The molecule has 102 valence electrons. The largest absolute Gasteiger partial charge is 0.376 e. The van der Waals surface area contributed by atoms with Crippen molar-refractivity contribution in [3.05, 3.63) is 12.2 Å². The van der Waals surface area contributed by atoms with Crippen LogP contribution in [-0.4, -0.2) is 25.3 Å². The fourth-order valence-electron chi connectivity index (χ4n) is 2.15. The molecule has 0 aromatic heterocycles. The number of likely N-dealkylation sites (N-methyl/N-ethyl adjacent to an activating group) is 1. The van der Waals surface area contributed by atoms with Crippen LogP contribution in [0.15, 0.2) is 12.2 Å². The predicted octanol–water partition coefficient (Wildman–Crippen LogP) is 3.77. The van der Waals surface area contributed by atoms with Crippen molar-refractivity contribution in [1.29, 1.82) is 0 Å². The molecule has 0 aliphatic rings. The van der Waals surface area contributed by atoms with Crippen molar-refractivity contribution in [2.24, 2.45) is 5.41 Å². The first-order chi connectivity index (χ1) is 7.86. The average Bonchev–Trinajstić information content (AvgIpc) is 2.23. The summed E-state index contributed by atoms with van der Waals surface area (Å²) >= 11 is 0. The van der Waals surface area contributed by atoms with E-state index >= 15 is 0 Å². The molecule has 0 aromatic rings. The van der Waals surface area contributed by atoms with Crippen LogP contribution in [0, 0.1) is 5.41 Å². The van der Waals surface area contributed by atoms with E-state index in [1.165, 1.54) is 5.57 Å². The van der Waals surface area contributed by atoms with Gasteiger partial charge in [-0.2, -0.15) is 0 Å². The molecule has 2 heteroatoms. The summed E-state index contributed by atoms with van der Waals surface area (Å²) in [7, 11) is 0. The standard InChI is InChI=1S/C15H31NO/c1-8-12(4)11-13(16-9-2)14(17-10-3)15(5,6)7/h13-14,16H,4,8-11H2,1-3,5-7H3. The fourth-order valence-corrected chi connectivity index (χ4v) is 2.15. The zero-order valence-electron chi connectivity index (χ0n) is 12.6. The molecule has 1 N–H and O–H groups in total. The van der Waals surface area contributed by atoms with E-state index in [2.05, 4.69) is 53.4 Å². The molecular formula is C15H31NO. The van der Waals surface area contributed by atoms with E-state index in [0.717, 1.165) is 26.0 Å². The van der Waals surface area contributed by atoms with Gasteiger partial charge in [-0.15, -0.1) is 0 Å². The monoisotopic (exact) mass is 241 g/mol. The molecule has 2 nitrogen and oxygen atoms in total. The minimum atomic E-state index is 0.150. The maximum Gasteiger partial charge on any atom is 0.0779 e. The Labute approximate surface area is 108 Å². The van der Waals surface area contributed by atoms with Gasteiger partial charge in [-0.3, -0.25) is 0 Å². The Morgan fingerprint density at radius 2 is 1.82 bits per heavy atom. The first-order valence-corrected chi connectivity index (χ1v) is 6.88. The van der Waals surface area contributed by atoms with Gasteiger partial charge in [0, 0.05) is 12.6 Å². The second-order valence-electron chi connectivity index (χ2n) is 5.71. The molecular weight excluding hydrogens is 210 g/mol. The van der Waals surface area contributed by atoms with Crippen LogP contribution in [0.2, 0.25) is 0 Å². The molecule has 17 heavy (non-hydrogen) atoms. The second kappa shape index (κ2) is 7.88. The summed E-state index contributed by atoms with van der Waals surface area (Å²) in [6.07, 6.45) is 2.28. The molecule has 0 aliphatic carbocycles. The third kappa shape index (κ3) is 6.23. The summed E-state index contributed by atoms with van der Waals surface area (Å²) in [4.78, 5) is 0. The van der Waals surface area contributed by atoms with Gasteiger partial charge in [0.05, 0.1) is 6.10 Å². The number of hydrogen-bond acceptors (Lipinski definition) is 2. The van der Waals surface area contributed by atoms with Crippen LogP contribution >= 0.6 is 0 Å². The van der Waals surface area contributed by atoms with Crippen LogP contribution < -0.4 is 5.32 Å². The Balaban J connectivity index is 4.76. The Morgan fingerprint density at radius 1 is 1.24 bits per heavy atom. The van der Waals surface area contributed by atoms with Gasteiger partial charge in [0.25, 0.3) is 0 Å². The van der Waals surface area contributed by atoms with Crippen molar-refractivity contribution >= 4 is 0 Å². The zero-order chi connectivity index (χ0) is 13.5. The van der Waals surface area contributed by atoms with E-state index in [1.807, 2.05) is 0 Å². The van der Waals surface area contributed by atoms with Crippen molar-refractivity contribution in [2.45, 2.75) is 66.5 Å². The number of rotatable bonds is 8. The summed E-state index contributed by atoms with van der Waals surface area (Å²) in [5.41, 5.74) is 1.45. The number of ether oxygens (including phenoxy) is 1. The Hall–Kier alpha value is -0.340. The molecule has 0 heterocycles. The lowest BCUT2D eigenvalue weighted by atomic mass is 9.82. The highest BCUT2D eigenvalue weighted by Crippen LogP contribution is 2.28. The van der Waals surface area contributed by atoms with Gasteiger partial charge in [-0.05, 0) is 31.7 Å². The second-order valence-corrected chi connectivity index (χ2v) is 5.71. The lowest BCUT2D eigenvalue weighted by molar-refractivity contribution is -0.0353. The molecule has 2 unspecified atom stereocenters. The van der Waals surface area contributed by atoms with Gasteiger partial charge in [0.2, 0.25) is 0 Å². The molecule has 0 saturated heterocycles. The molecule has 0 radical (unpaired) electrons. The summed E-state index contributed by atoms with van der Waals surface area (Å²) in [5, 5.41) is 3.55. The summed E-state index contributed by atoms with van der Waals surface area (Å²) in [6, 6.07) is 0.368. The summed E-state index contributed by atoms with van der Waals surface area (Å²) in [6.45, 7) is 19.0. The van der Waals surface area contributed by atoms with Crippen molar-refractivity contribution in [3.8, 4) is 0 Å². The Bertz CT molecular complexity index is 217. The van der Waals surface area contributed by atoms with E-state index in [-0.39, 0.29) is 11.5 Å². The molecule has 0 rings (SSSR count). The Morgan fingerprint density at radius 3 is 2.18 bits per heavy atom. The topological polar surface area (TPSA) is 21.3 Å². The molecule has 0 fully saturated rings. The lowest BCUT2D eigenvalue weighted by Crippen LogP contribution is -2.48. The van der Waals surface area contributed by atoms with Crippen LogP contribution in [0.25, 0.3) is 0 Å². The van der Waals surface area contributed by atoms with Crippen LogP contribution in [0.5, 0.6) is 0 Å². The molecule has 0 amide bonds. The Kier molecular flexibility index (Phi) is 7.73. The van der Waals surface area contributed by atoms with Crippen LogP contribution in [0.4, 0.5) is 0 Å². The zero-order valence-corrected chi connectivity index (χ0v) is 12.6. The third-order valence-electron chi connectivity index (χ3n) is 3.04. The maximum absolute atomic E-state index is 5.96. The third-order valence-corrected chi connectivity index (χ3v) is 3.04. The van der Waals surface area contributed by atoms with E-state index < -0.39 is 0 Å². The van der Waals surface area contributed by atoms with Gasteiger partial charge in [-0.1, -0.05) is 46.8 Å². The van der Waals surface area contributed by atoms with Gasteiger partial charge >= 0.3 is 0 Å². The van der Waals surface area contributed by atoms with E-state index in [1.54, 1.807) is 0 Å². The molecule has 0 spiro atoms. The first-order valence-electron chi connectivity index (χ1n) is 6.88. The molecule has 2 atom stereocenters. The predicted molar refractivity (Wildman–Crippen MR) is 76.4 cm³/mol. The minimum absolute atomic E-state index is 0.150. The van der Waals surface area contributed by atoms with Crippen LogP contribution in [-0.2, 0) is 4.74 Å². The molecule has 0 aromatic carbocycles. The van der Waals surface area contributed by atoms with Crippen molar-refractivity contribution in [1.82, 2.24) is 5.32 Å². The minimum Gasteiger partial charge on any atom is -0.376 e. The summed E-state index contributed by atoms with van der Waals surface area (Å²) in [5.74, 6) is 0. The first kappa shape index (κ1) is 16.7. The van der Waals surface area contributed by atoms with Gasteiger partial charge in [0.1, 0.15) is 0 Å². The summed E-state index contributed by atoms with van der Waals surface area (Å²) < 4.78 is 5.96.